The second-order valence-electron chi connectivity index (χ2n) is 5.33. The van der Waals surface area contributed by atoms with Crippen molar-refractivity contribution in [2.45, 2.75) is 50.7 Å². The lowest BCUT2D eigenvalue weighted by Crippen LogP contribution is -2.49. The van der Waals surface area contributed by atoms with Gasteiger partial charge in [-0.3, -0.25) is 11.3 Å². The highest BCUT2D eigenvalue weighted by atomic mass is 19.2. The number of halogens is 2. The zero-order chi connectivity index (χ0) is 14.6. The molecule has 1 fully saturated rings. The van der Waals surface area contributed by atoms with Gasteiger partial charge in [0.2, 0.25) is 0 Å². The zero-order valence-electron chi connectivity index (χ0n) is 11.8. The third kappa shape index (κ3) is 3.00. The van der Waals surface area contributed by atoms with Crippen molar-refractivity contribution in [1.82, 2.24) is 5.43 Å². The smallest absolute Gasteiger partial charge is 0.159 e. The average Bonchev–Trinajstić information content (AvgIpc) is 2.45. The van der Waals surface area contributed by atoms with Gasteiger partial charge in [-0.1, -0.05) is 25.3 Å². The highest BCUT2D eigenvalue weighted by Gasteiger charge is 2.41. The monoisotopic (exact) mass is 284 g/mol. The number of hydrazine groups is 1. The van der Waals surface area contributed by atoms with Crippen LogP contribution in [-0.4, -0.2) is 12.2 Å². The summed E-state index contributed by atoms with van der Waals surface area (Å²) in [7, 11) is 0. The lowest BCUT2D eigenvalue weighted by Gasteiger charge is -2.43. The molecule has 0 radical (unpaired) electrons. The van der Waals surface area contributed by atoms with Crippen LogP contribution in [-0.2, 0) is 4.74 Å². The van der Waals surface area contributed by atoms with Crippen LogP contribution in [0.25, 0.3) is 0 Å². The van der Waals surface area contributed by atoms with E-state index in [1.165, 1.54) is 12.5 Å². The van der Waals surface area contributed by atoms with Crippen molar-refractivity contribution in [3.05, 3.63) is 35.4 Å². The summed E-state index contributed by atoms with van der Waals surface area (Å²) in [6.07, 6.45) is 5.02. The molecule has 2 rings (SSSR count). The molecule has 0 heterocycles. The van der Waals surface area contributed by atoms with Crippen LogP contribution in [0.5, 0.6) is 0 Å². The van der Waals surface area contributed by atoms with Crippen molar-refractivity contribution in [1.29, 1.82) is 0 Å². The van der Waals surface area contributed by atoms with E-state index in [9.17, 15) is 8.78 Å². The third-order valence-electron chi connectivity index (χ3n) is 4.10. The van der Waals surface area contributed by atoms with E-state index in [0.29, 0.717) is 12.2 Å². The molecule has 1 atom stereocenters. The molecule has 0 aliphatic heterocycles. The van der Waals surface area contributed by atoms with Crippen molar-refractivity contribution in [3.8, 4) is 0 Å². The van der Waals surface area contributed by atoms with Gasteiger partial charge >= 0.3 is 0 Å². The molecule has 3 N–H and O–H groups in total. The molecule has 0 saturated heterocycles. The molecule has 1 saturated carbocycles. The lowest BCUT2D eigenvalue weighted by molar-refractivity contribution is -0.0914. The van der Waals surface area contributed by atoms with E-state index in [4.69, 9.17) is 10.6 Å². The maximum absolute atomic E-state index is 13.5. The topological polar surface area (TPSA) is 47.3 Å². The molecule has 0 spiro atoms. The molecule has 1 aromatic rings. The van der Waals surface area contributed by atoms with Crippen LogP contribution in [0.15, 0.2) is 18.2 Å². The van der Waals surface area contributed by atoms with E-state index in [2.05, 4.69) is 5.43 Å². The first-order valence-corrected chi connectivity index (χ1v) is 7.18. The van der Waals surface area contributed by atoms with Crippen molar-refractivity contribution >= 4 is 0 Å². The quantitative estimate of drug-likeness (QED) is 0.645. The van der Waals surface area contributed by atoms with Gasteiger partial charge in [-0.05, 0) is 37.5 Å². The van der Waals surface area contributed by atoms with Crippen molar-refractivity contribution in [2.75, 3.05) is 6.61 Å². The van der Waals surface area contributed by atoms with E-state index in [1.54, 1.807) is 6.07 Å². The minimum absolute atomic E-state index is 0.335. The molecule has 5 heteroatoms. The van der Waals surface area contributed by atoms with Crippen molar-refractivity contribution in [2.24, 2.45) is 5.84 Å². The number of benzene rings is 1. The molecule has 3 nitrogen and oxygen atoms in total. The Morgan fingerprint density at radius 1 is 1.25 bits per heavy atom. The minimum atomic E-state index is -0.856. The Balaban J connectivity index is 2.34. The second kappa shape index (κ2) is 6.61. The number of rotatable bonds is 5. The van der Waals surface area contributed by atoms with E-state index in [0.717, 1.165) is 31.7 Å². The van der Waals surface area contributed by atoms with Crippen LogP contribution in [0, 0.1) is 11.6 Å². The summed E-state index contributed by atoms with van der Waals surface area (Å²) < 4.78 is 32.6. The summed E-state index contributed by atoms with van der Waals surface area (Å²) in [5, 5.41) is 0. The van der Waals surface area contributed by atoms with Crippen LogP contribution in [0.3, 0.4) is 0 Å². The second-order valence-corrected chi connectivity index (χ2v) is 5.33. The number of hydrogen-bond acceptors (Lipinski definition) is 3. The molecule has 0 bridgehead atoms. The largest absolute Gasteiger partial charge is 0.373 e. The van der Waals surface area contributed by atoms with Gasteiger partial charge < -0.3 is 4.74 Å². The molecule has 1 aromatic carbocycles. The Morgan fingerprint density at radius 2 is 1.95 bits per heavy atom. The Labute approximate surface area is 118 Å². The van der Waals surface area contributed by atoms with E-state index in [1.807, 2.05) is 6.92 Å². The summed E-state index contributed by atoms with van der Waals surface area (Å²) in [6, 6.07) is 3.57. The standard InChI is InChI=1S/C15H22F2N2O/c1-2-20-15(8-4-3-5-9-15)14(19-18)11-6-7-12(16)13(17)10-11/h6-7,10,14,19H,2-5,8-9,18H2,1H3. The molecule has 1 aliphatic carbocycles. The van der Waals surface area contributed by atoms with Gasteiger partial charge in [-0.25, -0.2) is 8.78 Å². The summed E-state index contributed by atoms with van der Waals surface area (Å²) in [5.41, 5.74) is 2.93. The Bertz CT molecular complexity index is 442. The molecule has 1 unspecified atom stereocenters. The summed E-state index contributed by atoms with van der Waals surface area (Å²) in [4.78, 5) is 0. The van der Waals surface area contributed by atoms with Gasteiger partial charge in [0.05, 0.1) is 11.6 Å². The minimum Gasteiger partial charge on any atom is -0.373 e. The number of ether oxygens (including phenoxy) is 1. The number of hydrogen-bond donors (Lipinski definition) is 2. The fourth-order valence-corrected chi connectivity index (χ4v) is 3.20. The summed E-state index contributed by atoms with van der Waals surface area (Å²) in [5.74, 6) is 3.99. The lowest BCUT2D eigenvalue weighted by atomic mass is 9.77. The average molecular weight is 284 g/mol. The summed E-state index contributed by atoms with van der Waals surface area (Å²) in [6.45, 7) is 2.51. The van der Waals surface area contributed by atoms with Crippen molar-refractivity contribution < 1.29 is 13.5 Å². The van der Waals surface area contributed by atoms with Gasteiger partial charge in [-0.15, -0.1) is 0 Å². The Hall–Kier alpha value is -1.04. The number of nitrogens with one attached hydrogen (secondary N) is 1. The van der Waals surface area contributed by atoms with Gasteiger partial charge in [0.1, 0.15) is 0 Å². The molecule has 0 amide bonds. The van der Waals surface area contributed by atoms with Gasteiger partial charge in [0.15, 0.2) is 11.6 Å². The van der Waals surface area contributed by atoms with Gasteiger partial charge in [0.25, 0.3) is 0 Å². The van der Waals surface area contributed by atoms with Gasteiger partial charge in [-0.2, -0.15) is 0 Å². The Kier molecular flexibility index (Phi) is 5.07. The highest BCUT2D eigenvalue weighted by molar-refractivity contribution is 5.24. The first-order chi connectivity index (χ1) is 9.63. The predicted octanol–water partition coefficient (Wildman–Crippen LogP) is 3.21. The highest BCUT2D eigenvalue weighted by Crippen LogP contribution is 2.41. The fourth-order valence-electron chi connectivity index (χ4n) is 3.20. The zero-order valence-corrected chi connectivity index (χ0v) is 11.8. The molecule has 112 valence electrons. The van der Waals surface area contributed by atoms with E-state index in [-0.39, 0.29) is 6.04 Å². The SMILES string of the molecule is CCOC1(C(NN)c2ccc(F)c(F)c2)CCCCC1. The fraction of sp³-hybridized carbons (Fsp3) is 0.600. The van der Waals surface area contributed by atoms with Crippen molar-refractivity contribution in [3.63, 3.8) is 0 Å². The molecule has 0 aromatic heterocycles. The van der Waals surface area contributed by atoms with Crippen LogP contribution < -0.4 is 11.3 Å². The maximum atomic E-state index is 13.5. The first kappa shape index (κ1) is 15.4. The van der Waals surface area contributed by atoms with Crippen LogP contribution >= 0.6 is 0 Å². The predicted molar refractivity (Wildman–Crippen MR) is 73.9 cm³/mol. The normalized spacial score (nSPS) is 19.8. The van der Waals surface area contributed by atoms with Crippen LogP contribution in [0.4, 0.5) is 8.78 Å². The molecule has 20 heavy (non-hydrogen) atoms. The maximum Gasteiger partial charge on any atom is 0.159 e. The first-order valence-electron chi connectivity index (χ1n) is 7.18. The Morgan fingerprint density at radius 3 is 2.50 bits per heavy atom. The molecule has 1 aliphatic rings. The van der Waals surface area contributed by atoms with Crippen LogP contribution in [0.2, 0.25) is 0 Å². The molecular weight excluding hydrogens is 262 g/mol. The van der Waals surface area contributed by atoms with Crippen LogP contribution in [0.1, 0.15) is 50.6 Å². The molecular formula is C15H22F2N2O. The van der Waals surface area contributed by atoms with Gasteiger partial charge in [0, 0.05) is 6.61 Å². The van der Waals surface area contributed by atoms with E-state index >= 15 is 0 Å². The number of nitrogens with two attached hydrogens (primary N) is 1. The third-order valence-corrected chi connectivity index (χ3v) is 4.10. The van der Waals surface area contributed by atoms with E-state index < -0.39 is 17.2 Å². The summed E-state index contributed by atoms with van der Waals surface area (Å²) >= 11 is 0.